The van der Waals surface area contributed by atoms with Crippen molar-refractivity contribution in [1.29, 1.82) is 0 Å². The van der Waals surface area contributed by atoms with Crippen LogP contribution in [0.3, 0.4) is 0 Å². The first-order valence-electron chi connectivity index (χ1n) is 14.4. The maximum atomic E-state index is 12.6. The van der Waals surface area contributed by atoms with E-state index in [1.807, 2.05) is 47.4 Å². The van der Waals surface area contributed by atoms with E-state index in [1.165, 1.54) is 20.2 Å². The molecule has 10 heteroatoms. The van der Waals surface area contributed by atoms with Gasteiger partial charge < -0.3 is 24.8 Å². The van der Waals surface area contributed by atoms with E-state index in [1.54, 1.807) is 55.9 Å². The van der Waals surface area contributed by atoms with Gasteiger partial charge >= 0.3 is 5.97 Å². The van der Waals surface area contributed by atoms with Crippen LogP contribution in [0.2, 0.25) is 0 Å². The van der Waals surface area contributed by atoms with E-state index in [-0.39, 0.29) is 11.9 Å². The first kappa shape index (κ1) is 33.0. The zero-order valence-electron chi connectivity index (χ0n) is 25.6. The minimum Gasteiger partial charge on any atom is -0.497 e. The van der Waals surface area contributed by atoms with Gasteiger partial charge in [0.25, 0.3) is 5.91 Å². The number of methoxy groups -OCH3 is 2. The molecule has 2 N–H and O–H groups in total. The van der Waals surface area contributed by atoms with Gasteiger partial charge in [0.05, 0.1) is 32.9 Å². The van der Waals surface area contributed by atoms with Crippen molar-refractivity contribution in [2.45, 2.75) is 18.8 Å². The number of carbonyl (C=O) groups excluding carboxylic acids is 2. The Morgan fingerprint density at radius 2 is 1.50 bits per heavy atom. The normalized spacial score (nSPS) is 11.7. The number of benzene rings is 4. The van der Waals surface area contributed by atoms with Gasteiger partial charge in [-0.2, -0.15) is 0 Å². The topological polar surface area (TPSA) is 91.1 Å². The second-order valence-corrected chi connectivity index (χ2v) is 12.6. The van der Waals surface area contributed by atoms with E-state index in [4.69, 9.17) is 19.9 Å². The number of anilines is 2. The van der Waals surface area contributed by atoms with Crippen molar-refractivity contribution in [3.05, 3.63) is 118 Å². The van der Waals surface area contributed by atoms with Crippen LogP contribution in [0.4, 0.5) is 11.4 Å². The highest BCUT2D eigenvalue weighted by Crippen LogP contribution is 2.33. The largest absolute Gasteiger partial charge is 0.497 e. The molecular formula is C36H33BrN2O5S2. The molecule has 0 spiro atoms. The molecule has 0 aliphatic carbocycles. The Kier molecular flexibility index (Phi) is 11.0. The van der Waals surface area contributed by atoms with E-state index in [0.29, 0.717) is 24.0 Å². The standard InChI is InChI=1S/C17H13NO2S.C11H13BrO3.C8H7NS/c1-20-14-3-4-15-12(9-14)10-18(17(15)19)13-2-5-16-11(8-13)6-7-21-16;1-3-15-11(13)10-5-4-9(14-2)6-8(10)7-12;9-7-1-2-8-6(5-7)3-4-10-8/h2-9H,10H2,1H3;4-6H,3,7H2,1-2H3;1-5H,9H2. The predicted molar refractivity (Wildman–Crippen MR) is 193 cm³/mol. The molecule has 7 nitrogen and oxygen atoms in total. The van der Waals surface area contributed by atoms with Gasteiger partial charge in [0.2, 0.25) is 0 Å². The molecule has 0 radical (unpaired) electrons. The molecule has 0 unspecified atom stereocenters. The second-order valence-electron chi connectivity index (χ2n) is 10.2. The second kappa shape index (κ2) is 15.3. The molecule has 4 aromatic carbocycles. The number of halogens is 1. The molecule has 1 aliphatic rings. The van der Waals surface area contributed by atoms with Gasteiger partial charge in [-0.1, -0.05) is 15.9 Å². The summed E-state index contributed by atoms with van der Waals surface area (Å²) >= 11 is 6.78. The third-order valence-electron chi connectivity index (χ3n) is 7.29. The van der Waals surface area contributed by atoms with Gasteiger partial charge in [0.1, 0.15) is 11.5 Å². The highest BCUT2D eigenvalue weighted by atomic mass is 79.9. The molecule has 236 valence electrons. The zero-order chi connectivity index (χ0) is 32.6. The summed E-state index contributed by atoms with van der Waals surface area (Å²) in [5, 5.41) is 7.16. The van der Waals surface area contributed by atoms with Crippen molar-refractivity contribution < 1.29 is 23.8 Å². The van der Waals surface area contributed by atoms with E-state index in [9.17, 15) is 9.59 Å². The van der Waals surface area contributed by atoms with Gasteiger partial charge in [-0.25, -0.2) is 4.79 Å². The van der Waals surface area contributed by atoms with Crippen molar-refractivity contribution in [3.8, 4) is 11.5 Å². The van der Waals surface area contributed by atoms with Gasteiger partial charge in [-0.3, -0.25) is 4.79 Å². The first-order chi connectivity index (χ1) is 22.3. The van der Waals surface area contributed by atoms with Crippen molar-refractivity contribution in [1.82, 2.24) is 0 Å². The molecule has 2 aromatic heterocycles. The number of carbonyl (C=O) groups is 2. The predicted octanol–water partition coefficient (Wildman–Crippen LogP) is 9.32. The molecule has 1 aliphatic heterocycles. The molecule has 46 heavy (non-hydrogen) atoms. The number of esters is 1. The summed E-state index contributed by atoms with van der Waals surface area (Å²) in [5.41, 5.74) is 10.6. The highest BCUT2D eigenvalue weighted by molar-refractivity contribution is 9.08. The number of hydrogen-bond donors (Lipinski definition) is 1. The monoisotopic (exact) mass is 716 g/mol. The van der Waals surface area contributed by atoms with Gasteiger partial charge in [-0.05, 0) is 125 Å². The molecule has 1 amide bonds. The Balaban J connectivity index is 0.000000146. The first-order valence-corrected chi connectivity index (χ1v) is 17.3. The van der Waals surface area contributed by atoms with Crippen LogP contribution in [0, 0.1) is 0 Å². The maximum absolute atomic E-state index is 12.6. The SMILES string of the molecule is CCOC(=O)c1ccc(OC)cc1CBr.COc1ccc2c(c1)CN(c1ccc3sccc3c1)C2=O.Nc1ccc2sccc2c1. The Morgan fingerprint density at radius 3 is 2.17 bits per heavy atom. The van der Waals surface area contributed by atoms with Crippen molar-refractivity contribution >= 4 is 82.0 Å². The molecule has 3 heterocycles. The van der Waals surface area contributed by atoms with Crippen LogP contribution in [0.5, 0.6) is 11.5 Å². The van der Waals surface area contributed by atoms with Gasteiger partial charge in [0.15, 0.2) is 0 Å². The van der Waals surface area contributed by atoms with E-state index < -0.39 is 0 Å². The van der Waals surface area contributed by atoms with Crippen LogP contribution in [-0.4, -0.2) is 32.7 Å². The fourth-order valence-corrected chi connectivity index (χ4v) is 6.96. The Hall–Kier alpha value is -4.38. The fourth-order valence-electron chi connectivity index (χ4n) is 4.96. The summed E-state index contributed by atoms with van der Waals surface area (Å²) in [4.78, 5) is 25.9. The zero-order valence-corrected chi connectivity index (χ0v) is 28.8. The number of thiophene rings is 2. The van der Waals surface area contributed by atoms with E-state index >= 15 is 0 Å². The number of amides is 1. The van der Waals surface area contributed by atoms with Crippen LogP contribution in [0.15, 0.2) is 95.7 Å². The minimum atomic E-state index is -0.297. The van der Waals surface area contributed by atoms with Crippen molar-refractivity contribution in [3.63, 3.8) is 0 Å². The van der Waals surface area contributed by atoms with Crippen LogP contribution in [-0.2, 0) is 16.6 Å². The van der Waals surface area contributed by atoms with Gasteiger partial charge in [-0.15, -0.1) is 22.7 Å². The quantitative estimate of drug-likeness (QED) is 0.105. The number of rotatable bonds is 6. The molecule has 6 aromatic rings. The number of nitrogens with zero attached hydrogens (tertiary/aromatic N) is 1. The fraction of sp³-hybridized carbons (Fsp3) is 0.167. The lowest BCUT2D eigenvalue weighted by Crippen LogP contribution is -2.22. The summed E-state index contributed by atoms with van der Waals surface area (Å²) in [5.74, 6) is 1.28. The lowest BCUT2D eigenvalue weighted by atomic mass is 10.1. The molecule has 0 saturated carbocycles. The number of nitrogen functional groups attached to an aromatic ring is 1. The summed E-state index contributed by atoms with van der Waals surface area (Å²) in [6.45, 7) is 2.77. The number of ether oxygens (including phenoxy) is 3. The Morgan fingerprint density at radius 1 is 0.848 bits per heavy atom. The smallest absolute Gasteiger partial charge is 0.338 e. The third-order valence-corrected chi connectivity index (χ3v) is 9.69. The summed E-state index contributed by atoms with van der Waals surface area (Å²) in [6.07, 6.45) is 0. The molecule has 0 saturated heterocycles. The number of nitrogens with two attached hydrogens (primary N) is 1. The van der Waals surface area contributed by atoms with Crippen molar-refractivity contribution in [2.75, 3.05) is 31.5 Å². The maximum Gasteiger partial charge on any atom is 0.338 e. The third kappa shape index (κ3) is 7.52. The average molecular weight is 718 g/mol. The number of alkyl halides is 1. The molecule has 0 bridgehead atoms. The number of hydrogen-bond acceptors (Lipinski definition) is 8. The molecule has 0 fully saturated rings. The summed E-state index contributed by atoms with van der Waals surface area (Å²) in [6, 6.07) is 27.2. The summed E-state index contributed by atoms with van der Waals surface area (Å²) < 4.78 is 17.8. The van der Waals surface area contributed by atoms with Gasteiger partial charge in [0, 0.05) is 31.7 Å². The van der Waals surface area contributed by atoms with E-state index in [2.05, 4.69) is 57.0 Å². The minimum absolute atomic E-state index is 0.0576. The number of fused-ring (bicyclic) bond motifs is 3. The lowest BCUT2D eigenvalue weighted by Gasteiger charge is -2.15. The molecular weight excluding hydrogens is 684 g/mol. The van der Waals surface area contributed by atoms with Crippen molar-refractivity contribution in [2.24, 2.45) is 0 Å². The summed E-state index contributed by atoms with van der Waals surface area (Å²) in [7, 11) is 3.23. The van der Waals surface area contributed by atoms with Crippen LogP contribution >= 0.6 is 38.6 Å². The van der Waals surface area contributed by atoms with Crippen LogP contribution in [0.1, 0.15) is 38.8 Å². The Bertz CT molecular complexity index is 1990. The highest BCUT2D eigenvalue weighted by Gasteiger charge is 2.29. The Labute approximate surface area is 284 Å². The average Bonchev–Trinajstić information content (AvgIpc) is 3.83. The van der Waals surface area contributed by atoms with Crippen LogP contribution < -0.4 is 20.1 Å². The molecule has 0 atom stereocenters. The van der Waals surface area contributed by atoms with E-state index in [0.717, 1.165) is 39.6 Å². The lowest BCUT2D eigenvalue weighted by molar-refractivity contribution is 0.0525. The molecule has 7 rings (SSSR count). The van der Waals surface area contributed by atoms with Crippen LogP contribution in [0.25, 0.3) is 20.2 Å².